The molecule has 1 atom stereocenters. The standard InChI is InChI=1S/C25H26ClN3O6/c1-14-10-17(11-15(2)23(14)35-3)19(12-21(31)32)27-25(34)28-22-20(30)8-9-29(24(22)33)13-16-6-4-5-7-18(16)26/h4-11,19,30H,12-13H2,1-3H3,(H,31,32)(H2,27,28,34)/t19-/m0/s1. The maximum Gasteiger partial charge on any atom is 0.319 e. The number of hydrogen-bond donors (Lipinski definition) is 4. The maximum absolute atomic E-state index is 12.9. The van der Waals surface area contributed by atoms with E-state index in [2.05, 4.69) is 10.6 Å². The Hall–Kier alpha value is -3.98. The van der Waals surface area contributed by atoms with Gasteiger partial charge in [-0.1, -0.05) is 41.9 Å². The summed E-state index contributed by atoms with van der Waals surface area (Å²) in [7, 11) is 1.54. The number of aliphatic carboxylic acids is 1. The Kier molecular flexibility index (Phi) is 8.03. The van der Waals surface area contributed by atoms with Crippen molar-refractivity contribution in [2.75, 3.05) is 12.4 Å². The van der Waals surface area contributed by atoms with Gasteiger partial charge in [-0.05, 0) is 48.2 Å². The molecule has 184 valence electrons. The number of halogens is 1. The van der Waals surface area contributed by atoms with Crippen LogP contribution in [0.1, 0.15) is 34.7 Å². The second-order valence-corrected chi connectivity index (χ2v) is 8.44. The molecular formula is C25H26ClN3O6. The number of rotatable bonds is 8. The summed E-state index contributed by atoms with van der Waals surface area (Å²) in [4.78, 5) is 37.2. The van der Waals surface area contributed by atoms with E-state index in [0.29, 0.717) is 21.9 Å². The number of ether oxygens (including phenoxy) is 1. The number of amides is 2. The van der Waals surface area contributed by atoms with Crippen LogP contribution in [0.25, 0.3) is 0 Å². The van der Waals surface area contributed by atoms with Gasteiger partial charge in [0.1, 0.15) is 11.5 Å². The van der Waals surface area contributed by atoms with Crippen molar-refractivity contribution in [1.82, 2.24) is 9.88 Å². The molecule has 0 bridgehead atoms. The molecule has 0 aliphatic heterocycles. The second kappa shape index (κ2) is 11.0. The van der Waals surface area contributed by atoms with Crippen molar-refractivity contribution in [2.45, 2.75) is 32.9 Å². The summed E-state index contributed by atoms with van der Waals surface area (Å²) >= 11 is 6.18. The number of urea groups is 1. The SMILES string of the molecule is COc1c(C)cc([C@H](CC(=O)O)NC(=O)Nc2c(O)ccn(Cc3ccccc3Cl)c2=O)cc1C. The Bertz CT molecular complexity index is 1300. The van der Waals surface area contributed by atoms with Crippen molar-refractivity contribution in [1.29, 1.82) is 0 Å². The molecular weight excluding hydrogens is 474 g/mol. The van der Waals surface area contributed by atoms with Crippen LogP contribution >= 0.6 is 11.6 Å². The smallest absolute Gasteiger partial charge is 0.319 e. The number of methoxy groups -OCH3 is 1. The minimum absolute atomic E-state index is 0.126. The fraction of sp³-hybridized carbons (Fsp3) is 0.240. The summed E-state index contributed by atoms with van der Waals surface area (Å²) in [5.41, 5.74) is 1.82. The fourth-order valence-electron chi connectivity index (χ4n) is 3.86. The van der Waals surface area contributed by atoms with Gasteiger partial charge in [-0.3, -0.25) is 9.59 Å². The predicted octanol–water partition coefficient (Wildman–Crippen LogP) is 4.22. The first-order valence-electron chi connectivity index (χ1n) is 10.7. The summed E-state index contributed by atoms with van der Waals surface area (Å²) in [5, 5.41) is 25.0. The van der Waals surface area contributed by atoms with Gasteiger partial charge in [0.15, 0.2) is 5.69 Å². The third kappa shape index (κ3) is 6.13. The molecule has 2 amide bonds. The molecule has 0 aliphatic carbocycles. The average Bonchev–Trinajstić information content (AvgIpc) is 2.79. The highest BCUT2D eigenvalue weighted by Gasteiger charge is 2.22. The van der Waals surface area contributed by atoms with Crippen LogP contribution in [0.4, 0.5) is 10.5 Å². The van der Waals surface area contributed by atoms with E-state index in [0.717, 1.165) is 11.1 Å². The zero-order chi connectivity index (χ0) is 25.7. The summed E-state index contributed by atoms with van der Waals surface area (Å²) in [6.45, 7) is 3.76. The third-order valence-electron chi connectivity index (χ3n) is 5.45. The highest BCUT2D eigenvalue weighted by atomic mass is 35.5. The monoisotopic (exact) mass is 499 g/mol. The molecule has 1 heterocycles. The maximum atomic E-state index is 12.9. The van der Waals surface area contributed by atoms with Gasteiger partial charge < -0.3 is 30.2 Å². The number of anilines is 1. The Morgan fingerprint density at radius 2 is 1.80 bits per heavy atom. The van der Waals surface area contributed by atoms with Crippen LogP contribution < -0.4 is 20.9 Å². The third-order valence-corrected chi connectivity index (χ3v) is 5.82. The molecule has 3 aromatic rings. The Balaban J connectivity index is 1.86. The Labute approximate surface area is 206 Å². The van der Waals surface area contributed by atoms with Crippen molar-refractivity contribution >= 4 is 29.3 Å². The van der Waals surface area contributed by atoms with E-state index in [4.69, 9.17) is 16.3 Å². The van der Waals surface area contributed by atoms with Crippen LogP contribution in [0.2, 0.25) is 5.02 Å². The zero-order valence-electron chi connectivity index (χ0n) is 19.5. The molecule has 35 heavy (non-hydrogen) atoms. The molecule has 9 nitrogen and oxygen atoms in total. The van der Waals surface area contributed by atoms with Crippen molar-refractivity contribution in [3.8, 4) is 11.5 Å². The van der Waals surface area contributed by atoms with Gasteiger partial charge in [-0.25, -0.2) is 4.79 Å². The Morgan fingerprint density at radius 3 is 2.40 bits per heavy atom. The van der Waals surface area contributed by atoms with Gasteiger partial charge in [0, 0.05) is 11.2 Å². The minimum atomic E-state index is -1.12. The van der Waals surface area contributed by atoms with Crippen LogP contribution in [-0.4, -0.2) is 33.9 Å². The number of benzene rings is 2. The molecule has 0 saturated carbocycles. The number of pyridine rings is 1. The van der Waals surface area contributed by atoms with Gasteiger partial charge >= 0.3 is 12.0 Å². The van der Waals surface area contributed by atoms with Crippen molar-refractivity contribution in [3.63, 3.8) is 0 Å². The average molecular weight is 500 g/mol. The first-order chi connectivity index (χ1) is 16.6. The molecule has 0 saturated heterocycles. The van der Waals surface area contributed by atoms with E-state index in [1.807, 2.05) is 13.8 Å². The lowest BCUT2D eigenvalue weighted by atomic mass is 9.98. The van der Waals surface area contributed by atoms with Crippen molar-refractivity contribution in [2.24, 2.45) is 0 Å². The van der Waals surface area contributed by atoms with E-state index in [1.54, 1.807) is 43.5 Å². The second-order valence-electron chi connectivity index (χ2n) is 8.04. The number of carboxylic acids is 1. The summed E-state index contributed by atoms with van der Waals surface area (Å²) < 4.78 is 6.64. The van der Waals surface area contributed by atoms with E-state index >= 15 is 0 Å². The van der Waals surface area contributed by atoms with Gasteiger partial charge in [0.25, 0.3) is 5.56 Å². The molecule has 1 aromatic heterocycles. The topological polar surface area (TPSA) is 130 Å². The lowest BCUT2D eigenvalue weighted by Gasteiger charge is -2.20. The van der Waals surface area contributed by atoms with Gasteiger partial charge in [0.2, 0.25) is 0 Å². The molecule has 0 unspecified atom stereocenters. The van der Waals surface area contributed by atoms with Crippen molar-refractivity contribution in [3.05, 3.63) is 86.3 Å². The molecule has 0 spiro atoms. The number of hydrogen-bond acceptors (Lipinski definition) is 5. The number of nitrogens with zero attached hydrogens (tertiary/aromatic N) is 1. The quantitative estimate of drug-likeness (QED) is 0.367. The first kappa shape index (κ1) is 25.6. The van der Waals surface area contributed by atoms with Gasteiger partial charge in [0.05, 0.1) is 26.1 Å². The lowest BCUT2D eigenvalue weighted by molar-refractivity contribution is -0.137. The molecule has 4 N–H and O–H groups in total. The van der Waals surface area contributed by atoms with E-state index in [-0.39, 0.29) is 12.2 Å². The highest BCUT2D eigenvalue weighted by Crippen LogP contribution is 2.29. The number of carbonyl (C=O) groups is 2. The van der Waals surface area contributed by atoms with E-state index in [1.165, 1.54) is 16.8 Å². The predicted molar refractivity (Wildman–Crippen MR) is 133 cm³/mol. The number of aromatic hydroxyl groups is 1. The van der Waals surface area contributed by atoms with Crippen LogP contribution in [0, 0.1) is 13.8 Å². The molecule has 0 aliphatic rings. The largest absolute Gasteiger partial charge is 0.505 e. The molecule has 10 heteroatoms. The number of aromatic nitrogens is 1. The number of nitrogens with one attached hydrogen (secondary N) is 2. The zero-order valence-corrected chi connectivity index (χ0v) is 20.2. The molecule has 3 rings (SSSR count). The number of carboxylic acid groups (broad SMARTS) is 1. The van der Waals surface area contributed by atoms with E-state index < -0.39 is 35.8 Å². The van der Waals surface area contributed by atoms with Gasteiger partial charge in [-0.2, -0.15) is 0 Å². The molecule has 2 aromatic carbocycles. The summed E-state index contributed by atoms with van der Waals surface area (Å²) in [5.74, 6) is -0.877. The van der Waals surface area contributed by atoms with Crippen molar-refractivity contribution < 1.29 is 24.5 Å². The van der Waals surface area contributed by atoms with Crippen LogP contribution in [-0.2, 0) is 11.3 Å². The van der Waals surface area contributed by atoms with Crippen LogP contribution in [0.5, 0.6) is 11.5 Å². The highest BCUT2D eigenvalue weighted by molar-refractivity contribution is 6.31. The fourth-order valence-corrected chi connectivity index (χ4v) is 4.05. The Morgan fingerprint density at radius 1 is 1.14 bits per heavy atom. The minimum Gasteiger partial charge on any atom is -0.505 e. The molecule has 0 fully saturated rings. The normalized spacial score (nSPS) is 11.5. The summed E-state index contributed by atoms with van der Waals surface area (Å²) in [6.07, 6.45) is 0.996. The molecule has 0 radical (unpaired) electrons. The van der Waals surface area contributed by atoms with Crippen LogP contribution in [0.15, 0.2) is 53.5 Å². The number of aryl methyl sites for hydroxylation is 2. The van der Waals surface area contributed by atoms with Crippen LogP contribution in [0.3, 0.4) is 0 Å². The number of carbonyl (C=O) groups excluding carboxylic acids is 1. The van der Waals surface area contributed by atoms with Gasteiger partial charge in [-0.15, -0.1) is 0 Å². The lowest BCUT2D eigenvalue weighted by Crippen LogP contribution is -2.36. The van der Waals surface area contributed by atoms with E-state index in [9.17, 15) is 24.6 Å². The summed E-state index contributed by atoms with van der Waals surface area (Å²) in [6, 6.07) is 10.0. The first-order valence-corrected chi connectivity index (χ1v) is 11.1.